The molecule has 0 saturated carbocycles. The largest absolute Gasteiger partial charge is 0.235 e. The van der Waals surface area contributed by atoms with E-state index in [-0.39, 0.29) is 0 Å². The number of halogens is 2. The summed E-state index contributed by atoms with van der Waals surface area (Å²) in [6, 6.07) is 3.61. The molecule has 2 nitrogen and oxygen atoms in total. The van der Waals surface area contributed by atoms with E-state index in [2.05, 4.69) is 28.7 Å². The summed E-state index contributed by atoms with van der Waals surface area (Å²) in [5, 5.41) is 0. The second-order valence-electron chi connectivity index (χ2n) is 5.04. The topological polar surface area (TPSA) is 25.8 Å². The first-order valence-electron chi connectivity index (χ1n) is 7.47. The fraction of sp³-hybridized carbons (Fsp3) is 0.333. The fourth-order valence-corrected chi connectivity index (χ4v) is 1.98. The molecule has 1 aromatic carbocycles. The van der Waals surface area contributed by atoms with Crippen LogP contribution in [0.2, 0.25) is 0 Å². The van der Waals surface area contributed by atoms with Crippen molar-refractivity contribution in [3.63, 3.8) is 0 Å². The van der Waals surface area contributed by atoms with Crippen molar-refractivity contribution in [2.75, 3.05) is 0 Å². The lowest BCUT2D eigenvalue weighted by molar-refractivity contribution is 0.509. The average molecular weight is 300 g/mol. The minimum absolute atomic E-state index is 0.354. The van der Waals surface area contributed by atoms with Crippen molar-refractivity contribution in [1.82, 2.24) is 9.97 Å². The third-order valence-corrected chi connectivity index (χ3v) is 3.22. The molecule has 114 valence electrons. The Morgan fingerprint density at radius 3 is 2.45 bits per heavy atom. The van der Waals surface area contributed by atoms with Gasteiger partial charge in [-0.3, -0.25) is 0 Å². The molecule has 0 bridgehead atoms. The predicted molar refractivity (Wildman–Crippen MR) is 83.0 cm³/mol. The second kappa shape index (κ2) is 8.23. The van der Waals surface area contributed by atoms with Crippen LogP contribution in [0.15, 0.2) is 30.6 Å². The normalized spacial score (nSPS) is 10.1. The smallest absolute Gasteiger partial charge is 0.159 e. The van der Waals surface area contributed by atoms with Crippen LogP contribution in [0.5, 0.6) is 0 Å². The number of aromatic nitrogens is 2. The highest BCUT2D eigenvalue weighted by atomic mass is 19.2. The maximum absolute atomic E-state index is 13.2. The van der Waals surface area contributed by atoms with Crippen molar-refractivity contribution in [3.05, 3.63) is 47.8 Å². The van der Waals surface area contributed by atoms with Gasteiger partial charge in [-0.2, -0.15) is 0 Å². The van der Waals surface area contributed by atoms with Gasteiger partial charge in [-0.25, -0.2) is 18.7 Å². The highest BCUT2D eigenvalue weighted by Crippen LogP contribution is 2.17. The minimum atomic E-state index is -0.906. The van der Waals surface area contributed by atoms with E-state index in [4.69, 9.17) is 0 Å². The van der Waals surface area contributed by atoms with Gasteiger partial charge in [0.1, 0.15) is 0 Å². The Kier molecular flexibility index (Phi) is 6.02. The first kappa shape index (κ1) is 16.1. The van der Waals surface area contributed by atoms with Gasteiger partial charge in [0, 0.05) is 24.4 Å². The van der Waals surface area contributed by atoms with E-state index >= 15 is 0 Å². The van der Waals surface area contributed by atoms with Gasteiger partial charge in [-0.15, -0.1) is 0 Å². The number of rotatable bonds is 5. The van der Waals surface area contributed by atoms with Crippen LogP contribution >= 0.6 is 0 Å². The number of benzene rings is 1. The summed E-state index contributed by atoms with van der Waals surface area (Å²) in [6.45, 7) is 2.18. The molecule has 4 heteroatoms. The number of nitrogens with zero attached hydrogens (tertiary/aromatic N) is 2. The molecular formula is C18H18F2N2. The molecule has 1 aromatic heterocycles. The van der Waals surface area contributed by atoms with Gasteiger partial charge in [-0.1, -0.05) is 38.0 Å². The lowest BCUT2D eigenvalue weighted by atomic mass is 10.1. The Balaban J connectivity index is 1.98. The van der Waals surface area contributed by atoms with Gasteiger partial charge in [0.2, 0.25) is 0 Å². The van der Waals surface area contributed by atoms with Gasteiger partial charge >= 0.3 is 0 Å². The Bertz CT molecular complexity index is 670. The van der Waals surface area contributed by atoms with Crippen LogP contribution in [0.4, 0.5) is 8.78 Å². The Hall–Kier alpha value is -2.28. The first-order chi connectivity index (χ1) is 10.7. The van der Waals surface area contributed by atoms with Crippen molar-refractivity contribution in [2.24, 2.45) is 0 Å². The Morgan fingerprint density at radius 2 is 1.77 bits per heavy atom. The summed E-state index contributed by atoms with van der Waals surface area (Å²) in [5.74, 6) is 4.68. The molecule has 0 fully saturated rings. The molecule has 0 spiro atoms. The van der Waals surface area contributed by atoms with E-state index in [0.29, 0.717) is 11.4 Å². The highest BCUT2D eigenvalue weighted by Gasteiger charge is 2.06. The van der Waals surface area contributed by atoms with Crippen LogP contribution in [0.1, 0.15) is 44.6 Å². The Morgan fingerprint density at radius 1 is 1.00 bits per heavy atom. The van der Waals surface area contributed by atoms with E-state index in [0.717, 1.165) is 30.5 Å². The zero-order valence-corrected chi connectivity index (χ0v) is 12.6. The molecule has 0 saturated heterocycles. The molecule has 2 aromatic rings. The molecule has 0 aliphatic carbocycles. The molecule has 22 heavy (non-hydrogen) atoms. The van der Waals surface area contributed by atoms with E-state index in [1.165, 1.54) is 25.3 Å². The molecule has 0 amide bonds. The average Bonchev–Trinajstić information content (AvgIpc) is 2.54. The lowest BCUT2D eigenvalue weighted by Gasteiger charge is -2.00. The van der Waals surface area contributed by atoms with E-state index in [9.17, 15) is 8.78 Å². The first-order valence-corrected chi connectivity index (χ1v) is 7.47. The van der Waals surface area contributed by atoms with Crippen molar-refractivity contribution in [2.45, 2.75) is 39.0 Å². The summed E-state index contributed by atoms with van der Waals surface area (Å²) in [7, 11) is 0. The summed E-state index contributed by atoms with van der Waals surface area (Å²) < 4.78 is 26.1. The molecule has 0 N–H and O–H groups in total. The molecule has 0 radical (unpaired) electrons. The predicted octanol–water partition coefficient (Wildman–Crippen LogP) is 4.74. The molecule has 2 rings (SSSR count). The zero-order chi connectivity index (χ0) is 15.8. The van der Waals surface area contributed by atoms with E-state index in [1.807, 2.05) is 0 Å². The SMILES string of the molecule is CCCCCCC#Cc1cnc(-c2ccc(F)c(F)c2)nc1. The molecular weight excluding hydrogens is 282 g/mol. The molecule has 0 aliphatic rings. The Labute approximate surface area is 129 Å². The van der Waals surface area contributed by atoms with Gasteiger partial charge < -0.3 is 0 Å². The molecule has 1 heterocycles. The van der Waals surface area contributed by atoms with Crippen LogP contribution in [0.25, 0.3) is 11.4 Å². The van der Waals surface area contributed by atoms with Gasteiger partial charge in [-0.05, 0) is 24.6 Å². The molecule has 0 atom stereocenters. The van der Waals surface area contributed by atoms with Gasteiger partial charge in [0.05, 0.1) is 5.56 Å². The quantitative estimate of drug-likeness (QED) is 0.588. The van der Waals surface area contributed by atoms with Gasteiger partial charge in [0.25, 0.3) is 0 Å². The monoisotopic (exact) mass is 300 g/mol. The van der Waals surface area contributed by atoms with Crippen molar-refractivity contribution in [3.8, 4) is 23.2 Å². The summed E-state index contributed by atoms with van der Waals surface area (Å²) in [5.41, 5.74) is 1.17. The lowest BCUT2D eigenvalue weighted by Crippen LogP contribution is -1.92. The number of unbranched alkanes of at least 4 members (excludes halogenated alkanes) is 4. The van der Waals surface area contributed by atoms with Crippen LogP contribution < -0.4 is 0 Å². The summed E-state index contributed by atoms with van der Waals surface area (Å²) in [4.78, 5) is 8.29. The van der Waals surface area contributed by atoms with Crippen molar-refractivity contribution in [1.29, 1.82) is 0 Å². The summed E-state index contributed by atoms with van der Waals surface area (Å²) >= 11 is 0. The summed E-state index contributed by atoms with van der Waals surface area (Å²) in [6.07, 6.45) is 8.84. The standard InChI is InChI=1S/C18H18F2N2/c1-2-3-4-5-6-7-8-14-12-21-18(22-13-14)15-9-10-16(19)17(20)11-15/h9-13H,2-6H2,1H3. The second-order valence-corrected chi connectivity index (χ2v) is 5.04. The third kappa shape index (κ3) is 4.63. The van der Waals surface area contributed by atoms with E-state index < -0.39 is 11.6 Å². The maximum Gasteiger partial charge on any atom is 0.159 e. The number of hydrogen-bond acceptors (Lipinski definition) is 2. The van der Waals surface area contributed by atoms with Crippen LogP contribution in [-0.4, -0.2) is 9.97 Å². The van der Waals surface area contributed by atoms with Crippen molar-refractivity contribution >= 4 is 0 Å². The van der Waals surface area contributed by atoms with E-state index in [1.54, 1.807) is 12.4 Å². The third-order valence-electron chi connectivity index (χ3n) is 3.22. The van der Waals surface area contributed by atoms with Crippen LogP contribution in [-0.2, 0) is 0 Å². The molecule has 0 unspecified atom stereocenters. The fourth-order valence-electron chi connectivity index (χ4n) is 1.98. The van der Waals surface area contributed by atoms with Crippen LogP contribution in [0, 0.1) is 23.5 Å². The molecule has 0 aliphatic heterocycles. The highest BCUT2D eigenvalue weighted by molar-refractivity contribution is 5.55. The number of hydrogen-bond donors (Lipinski definition) is 0. The maximum atomic E-state index is 13.2. The zero-order valence-electron chi connectivity index (χ0n) is 12.6. The minimum Gasteiger partial charge on any atom is -0.235 e. The van der Waals surface area contributed by atoms with Crippen LogP contribution in [0.3, 0.4) is 0 Å². The van der Waals surface area contributed by atoms with Crippen molar-refractivity contribution < 1.29 is 8.78 Å². The van der Waals surface area contributed by atoms with Gasteiger partial charge in [0.15, 0.2) is 17.5 Å².